The van der Waals surface area contributed by atoms with Gasteiger partial charge in [-0.25, -0.2) is 0 Å². The van der Waals surface area contributed by atoms with Crippen molar-refractivity contribution in [2.75, 3.05) is 20.3 Å². The maximum absolute atomic E-state index is 12.2. The molecule has 0 radical (unpaired) electrons. The van der Waals surface area contributed by atoms with E-state index < -0.39 is 0 Å². The number of likely N-dealkylation sites (N-methyl/N-ethyl adjacent to an activating group) is 1. The third-order valence-electron chi connectivity index (χ3n) is 3.06. The van der Waals surface area contributed by atoms with Gasteiger partial charge in [0.15, 0.2) is 6.61 Å². The van der Waals surface area contributed by atoms with Gasteiger partial charge in [-0.15, -0.1) is 11.3 Å². The number of methoxy groups -OCH3 is 1. The molecule has 21 heavy (non-hydrogen) atoms. The van der Waals surface area contributed by atoms with Gasteiger partial charge in [-0.05, 0) is 30.5 Å². The van der Waals surface area contributed by atoms with E-state index in [2.05, 4.69) is 0 Å². The summed E-state index contributed by atoms with van der Waals surface area (Å²) in [5, 5.41) is 2.01. The Morgan fingerprint density at radius 2 is 2.05 bits per heavy atom. The molecule has 0 aliphatic rings. The van der Waals surface area contributed by atoms with Crippen LogP contribution in [0, 0.1) is 0 Å². The summed E-state index contributed by atoms with van der Waals surface area (Å²) in [6.45, 7) is 3.30. The van der Waals surface area contributed by atoms with Gasteiger partial charge < -0.3 is 14.4 Å². The van der Waals surface area contributed by atoms with Crippen molar-refractivity contribution >= 4 is 17.2 Å². The van der Waals surface area contributed by atoms with Crippen molar-refractivity contribution in [2.45, 2.75) is 13.5 Å². The van der Waals surface area contributed by atoms with Gasteiger partial charge in [0.25, 0.3) is 5.91 Å². The second-order valence-electron chi connectivity index (χ2n) is 4.45. The highest BCUT2D eigenvalue weighted by Gasteiger charge is 2.13. The highest BCUT2D eigenvalue weighted by atomic mass is 32.1. The molecule has 1 aromatic heterocycles. The molecule has 0 bridgehead atoms. The van der Waals surface area contributed by atoms with Crippen LogP contribution in [0.15, 0.2) is 41.8 Å². The van der Waals surface area contributed by atoms with Crippen LogP contribution in [0.5, 0.6) is 11.5 Å². The SMILES string of the molecule is CCN(Cc1cccs1)C(=O)COc1cccc(OC)c1. The Morgan fingerprint density at radius 1 is 1.24 bits per heavy atom. The summed E-state index contributed by atoms with van der Waals surface area (Å²) in [4.78, 5) is 15.2. The van der Waals surface area contributed by atoms with Crippen LogP contribution in [-0.2, 0) is 11.3 Å². The fraction of sp³-hybridized carbons (Fsp3) is 0.312. The van der Waals surface area contributed by atoms with Gasteiger partial charge in [-0.2, -0.15) is 0 Å². The van der Waals surface area contributed by atoms with E-state index in [1.54, 1.807) is 29.4 Å². The second-order valence-corrected chi connectivity index (χ2v) is 5.49. The molecule has 0 unspecified atom stereocenters. The number of ether oxygens (including phenoxy) is 2. The molecule has 0 spiro atoms. The summed E-state index contributed by atoms with van der Waals surface area (Å²) in [7, 11) is 1.60. The third-order valence-corrected chi connectivity index (χ3v) is 3.93. The van der Waals surface area contributed by atoms with Crippen molar-refractivity contribution in [3.63, 3.8) is 0 Å². The number of carbonyl (C=O) groups excluding carboxylic acids is 1. The van der Waals surface area contributed by atoms with Crippen LogP contribution in [0.1, 0.15) is 11.8 Å². The van der Waals surface area contributed by atoms with Crippen molar-refractivity contribution < 1.29 is 14.3 Å². The lowest BCUT2D eigenvalue weighted by Crippen LogP contribution is -2.34. The smallest absolute Gasteiger partial charge is 0.260 e. The highest BCUT2D eigenvalue weighted by molar-refractivity contribution is 7.09. The van der Waals surface area contributed by atoms with E-state index in [9.17, 15) is 4.79 Å². The largest absolute Gasteiger partial charge is 0.497 e. The van der Waals surface area contributed by atoms with Crippen LogP contribution in [0.3, 0.4) is 0 Å². The molecule has 0 aliphatic carbocycles. The first-order chi connectivity index (χ1) is 10.2. The van der Waals surface area contributed by atoms with Gasteiger partial charge in [-0.3, -0.25) is 4.79 Å². The van der Waals surface area contributed by atoms with Crippen LogP contribution in [0.4, 0.5) is 0 Å². The van der Waals surface area contributed by atoms with Crippen molar-refractivity contribution in [2.24, 2.45) is 0 Å². The predicted molar refractivity (Wildman–Crippen MR) is 83.9 cm³/mol. The summed E-state index contributed by atoms with van der Waals surface area (Å²) >= 11 is 1.65. The Balaban J connectivity index is 1.90. The molecule has 1 amide bonds. The average molecular weight is 305 g/mol. The first-order valence-corrected chi connectivity index (χ1v) is 7.68. The summed E-state index contributed by atoms with van der Waals surface area (Å²) in [5.74, 6) is 1.33. The molecule has 112 valence electrons. The number of amides is 1. The van der Waals surface area contributed by atoms with E-state index >= 15 is 0 Å². The van der Waals surface area contributed by atoms with Gasteiger partial charge in [0.05, 0.1) is 13.7 Å². The van der Waals surface area contributed by atoms with Crippen molar-refractivity contribution in [3.05, 3.63) is 46.7 Å². The van der Waals surface area contributed by atoms with E-state index in [1.165, 1.54) is 4.88 Å². The standard InChI is InChI=1S/C16H19NO3S/c1-3-17(11-15-8-5-9-21-15)16(18)12-20-14-7-4-6-13(10-14)19-2/h4-10H,3,11-12H2,1-2H3. The molecule has 0 aliphatic heterocycles. The minimum Gasteiger partial charge on any atom is -0.497 e. The molecular formula is C16H19NO3S. The monoisotopic (exact) mass is 305 g/mol. The molecule has 2 aromatic rings. The average Bonchev–Trinajstić information content (AvgIpc) is 3.03. The van der Waals surface area contributed by atoms with Crippen LogP contribution in [0.2, 0.25) is 0 Å². The zero-order chi connectivity index (χ0) is 15.1. The Kier molecular flexibility index (Phi) is 5.63. The van der Waals surface area contributed by atoms with Crippen molar-refractivity contribution in [3.8, 4) is 11.5 Å². The number of hydrogen-bond donors (Lipinski definition) is 0. The number of benzene rings is 1. The normalized spacial score (nSPS) is 10.2. The topological polar surface area (TPSA) is 38.8 Å². The predicted octanol–water partition coefficient (Wildman–Crippen LogP) is 3.18. The van der Waals surface area contributed by atoms with E-state index in [0.29, 0.717) is 24.6 Å². The molecule has 2 rings (SSSR count). The Morgan fingerprint density at radius 3 is 2.71 bits per heavy atom. The molecule has 0 atom stereocenters. The van der Waals surface area contributed by atoms with Gasteiger partial charge in [-0.1, -0.05) is 12.1 Å². The molecular weight excluding hydrogens is 286 g/mol. The third kappa shape index (κ3) is 4.49. The number of rotatable bonds is 7. The van der Waals surface area contributed by atoms with Gasteiger partial charge in [0.2, 0.25) is 0 Å². The maximum Gasteiger partial charge on any atom is 0.260 e. The summed E-state index contributed by atoms with van der Waals surface area (Å²) < 4.78 is 10.7. The lowest BCUT2D eigenvalue weighted by molar-refractivity contribution is -0.133. The molecule has 5 heteroatoms. The van der Waals surface area contributed by atoms with E-state index in [4.69, 9.17) is 9.47 Å². The maximum atomic E-state index is 12.2. The van der Waals surface area contributed by atoms with E-state index in [1.807, 2.05) is 42.6 Å². The number of nitrogens with zero attached hydrogens (tertiary/aromatic N) is 1. The number of carbonyl (C=O) groups is 1. The fourth-order valence-corrected chi connectivity index (χ4v) is 2.61. The number of hydrogen-bond acceptors (Lipinski definition) is 4. The highest BCUT2D eigenvalue weighted by Crippen LogP contribution is 2.19. The quantitative estimate of drug-likeness (QED) is 0.788. The van der Waals surface area contributed by atoms with E-state index in [-0.39, 0.29) is 12.5 Å². The lowest BCUT2D eigenvalue weighted by atomic mass is 10.3. The molecule has 0 fully saturated rings. The van der Waals surface area contributed by atoms with Gasteiger partial charge in [0.1, 0.15) is 11.5 Å². The first-order valence-electron chi connectivity index (χ1n) is 6.80. The van der Waals surface area contributed by atoms with Crippen LogP contribution in [0.25, 0.3) is 0 Å². The summed E-state index contributed by atoms with van der Waals surface area (Å²) in [6, 6.07) is 11.3. The Hall–Kier alpha value is -2.01. The summed E-state index contributed by atoms with van der Waals surface area (Å²) in [6.07, 6.45) is 0. The van der Waals surface area contributed by atoms with E-state index in [0.717, 1.165) is 0 Å². The van der Waals surface area contributed by atoms with Crippen LogP contribution in [-0.4, -0.2) is 31.1 Å². The first kappa shape index (κ1) is 15.4. The fourth-order valence-electron chi connectivity index (χ4n) is 1.89. The molecule has 0 saturated carbocycles. The van der Waals surface area contributed by atoms with Crippen molar-refractivity contribution in [1.29, 1.82) is 0 Å². The van der Waals surface area contributed by atoms with Crippen LogP contribution >= 0.6 is 11.3 Å². The molecule has 1 aromatic carbocycles. The number of thiophene rings is 1. The summed E-state index contributed by atoms with van der Waals surface area (Å²) in [5.41, 5.74) is 0. The molecule has 0 saturated heterocycles. The van der Waals surface area contributed by atoms with Crippen molar-refractivity contribution in [1.82, 2.24) is 4.90 Å². The zero-order valence-corrected chi connectivity index (χ0v) is 13.1. The minimum absolute atomic E-state index is 0.0197. The van der Waals surface area contributed by atoms with Gasteiger partial charge in [0, 0.05) is 17.5 Å². The molecule has 4 nitrogen and oxygen atoms in total. The Bertz CT molecular complexity index is 569. The van der Waals surface area contributed by atoms with Gasteiger partial charge >= 0.3 is 0 Å². The molecule has 0 N–H and O–H groups in total. The zero-order valence-electron chi connectivity index (χ0n) is 12.2. The Labute approximate surface area is 128 Å². The minimum atomic E-state index is -0.0197. The second kappa shape index (κ2) is 7.69. The lowest BCUT2D eigenvalue weighted by Gasteiger charge is -2.20. The molecule has 1 heterocycles. The van der Waals surface area contributed by atoms with Crippen LogP contribution < -0.4 is 9.47 Å².